The maximum Gasteiger partial charge on any atom is 0.261 e. The highest BCUT2D eigenvalue weighted by Gasteiger charge is 2.26. The Morgan fingerprint density at radius 1 is 1.47 bits per heavy atom. The first-order valence-electron chi connectivity index (χ1n) is 5.08. The molecule has 0 aliphatic carbocycles. The molecule has 0 saturated heterocycles. The van der Waals surface area contributed by atoms with Crippen molar-refractivity contribution in [3.05, 3.63) is 20.8 Å². The van der Waals surface area contributed by atoms with Gasteiger partial charge in [0.2, 0.25) is 0 Å². The second kappa shape index (κ2) is 4.19. The summed E-state index contributed by atoms with van der Waals surface area (Å²) >= 11 is 4.84. The first kappa shape index (κ1) is 10.8. The summed E-state index contributed by atoms with van der Waals surface area (Å²) in [6, 6.07) is 1.82. The molecule has 1 aliphatic rings. The van der Waals surface area contributed by atoms with E-state index in [1.807, 2.05) is 11.4 Å². The molecule has 0 unspecified atom stereocenters. The van der Waals surface area contributed by atoms with Crippen molar-refractivity contribution < 1.29 is 4.79 Å². The number of fused-ring (bicyclic) bond motifs is 1. The maximum atomic E-state index is 12.3. The standard InChI is InChI=1S/C9H8BrN5OS/c10-7-4-6(5-17-7)8(16)14-2-1-3-15-9(14)11-12-13-15/h4-5H,1-3H2. The van der Waals surface area contributed by atoms with Gasteiger partial charge in [-0.1, -0.05) is 5.10 Å². The summed E-state index contributed by atoms with van der Waals surface area (Å²) in [4.78, 5) is 13.9. The largest absolute Gasteiger partial charge is 0.275 e. The highest BCUT2D eigenvalue weighted by molar-refractivity contribution is 9.11. The zero-order valence-electron chi connectivity index (χ0n) is 8.71. The highest BCUT2D eigenvalue weighted by atomic mass is 79.9. The monoisotopic (exact) mass is 313 g/mol. The molecule has 0 N–H and O–H groups in total. The number of hydrogen-bond donors (Lipinski definition) is 0. The average molecular weight is 314 g/mol. The first-order valence-corrected chi connectivity index (χ1v) is 6.75. The number of hydrogen-bond acceptors (Lipinski definition) is 5. The second-order valence-corrected chi connectivity index (χ2v) is 5.94. The summed E-state index contributed by atoms with van der Waals surface area (Å²) in [5, 5.41) is 13.2. The number of aryl methyl sites for hydroxylation is 1. The van der Waals surface area contributed by atoms with Crippen LogP contribution in [0.2, 0.25) is 0 Å². The van der Waals surface area contributed by atoms with Crippen molar-refractivity contribution in [2.24, 2.45) is 0 Å². The summed E-state index contributed by atoms with van der Waals surface area (Å²) in [6.07, 6.45) is 0.870. The molecule has 3 rings (SSSR count). The third-order valence-electron chi connectivity index (χ3n) is 2.57. The van der Waals surface area contributed by atoms with E-state index in [0.717, 1.165) is 16.8 Å². The molecule has 2 aromatic rings. The van der Waals surface area contributed by atoms with Crippen LogP contribution in [0.25, 0.3) is 0 Å². The third-order valence-corrected chi connectivity index (χ3v) is 4.07. The minimum absolute atomic E-state index is 0.0531. The van der Waals surface area contributed by atoms with Crippen LogP contribution in [0.15, 0.2) is 15.2 Å². The van der Waals surface area contributed by atoms with Crippen LogP contribution in [-0.2, 0) is 6.54 Å². The predicted molar refractivity (Wildman–Crippen MR) is 66.1 cm³/mol. The Bertz CT molecular complexity index is 565. The molecule has 0 saturated carbocycles. The molecular weight excluding hydrogens is 306 g/mol. The quantitative estimate of drug-likeness (QED) is 0.801. The Kier molecular flexibility index (Phi) is 2.67. The number of aromatic nitrogens is 4. The number of anilines is 1. The lowest BCUT2D eigenvalue weighted by molar-refractivity contribution is 0.0980. The minimum atomic E-state index is -0.0531. The smallest absolute Gasteiger partial charge is 0.261 e. The van der Waals surface area contributed by atoms with E-state index in [9.17, 15) is 4.79 Å². The van der Waals surface area contributed by atoms with E-state index in [4.69, 9.17) is 0 Å². The highest BCUT2D eigenvalue weighted by Crippen LogP contribution is 2.24. The lowest BCUT2D eigenvalue weighted by atomic mass is 10.2. The molecule has 1 aliphatic heterocycles. The van der Waals surface area contributed by atoms with Crippen molar-refractivity contribution in [2.75, 3.05) is 11.4 Å². The van der Waals surface area contributed by atoms with Crippen molar-refractivity contribution in [3.8, 4) is 0 Å². The van der Waals surface area contributed by atoms with Crippen molar-refractivity contribution in [2.45, 2.75) is 13.0 Å². The molecule has 8 heteroatoms. The van der Waals surface area contributed by atoms with Gasteiger partial charge < -0.3 is 0 Å². The number of thiophene rings is 1. The van der Waals surface area contributed by atoms with Crippen LogP contribution in [0.5, 0.6) is 0 Å². The third kappa shape index (κ3) is 1.87. The fourth-order valence-electron chi connectivity index (χ4n) is 1.79. The van der Waals surface area contributed by atoms with Crippen molar-refractivity contribution in [1.29, 1.82) is 0 Å². The summed E-state index contributed by atoms with van der Waals surface area (Å²) in [5.74, 6) is 0.478. The Hall–Kier alpha value is -1.28. The van der Waals surface area contributed by atoms with Gasteiger partial charge in [0.15, 0.2) is 0 Å². The molecule has 0 bridgehead atoms. The maximum absolute atomic E-state index is 12.3. The molecule has 3 heterocycles. The number of tetrazole rings is 1. The second-order valence-electron chi connectivity index (χ2n) is 3.65. The first-order chi connectivity index (χ1) is 8.25. The summed E-state index contributed by atoms with van der Waals surface area (Å²) in [6.45, 7) is 1.42. The molecule has 0 spiro atoms. The van der Waals surface area contributed by atoms with Gasteiger partial charge in [0.25, 0.3) is 11.9 Å². The van der Waals surface area contributed by atoms with E-state index in [1.54, 1.807) is 9.58 Å². The van der Waals surface area contributed by atoms with E-state index >= 15 is 0 Å². The minimum Gasteiger partial charge on any atom is -0.275 e. The molecule has 0 atom stereocenters. The Morgan fingerprint density at radius 3 is 3.12 bits per heavy atom. The van der Waals surface area contributed by atoms with Gasteiger partial charge in [0, 0.05) is 18.5 Å². The zero-order valence-corrected chi connectivity index (χ0v) is 11.1. The Labute approximate surface area is 109 Å². The number of carbonyl (C=O) groups excluding carboxylic acids is 1. The molecule has 88 valence electrons. The van der Waals surface area contributed by atoms with Crippen LogP contribution in [0.4, 0.5) is 5.95 Å². The summed E-state index contributed by atoms with van der Waals surface area (Å²) < 4.78 is 2.60. The lowest BCUT2D eigenvalue weighted by Gasteiger charge is -2.24. The fourth-order valence-corrected chi connectivity index (χ4v) is 2.92. The van der Waals surface area contributed by atoms with Crippen molar-refractivity contribution in [1.82, 2.24) is 20.2 Å². The van der Waals surface area contributed by atoms with E-state index < -0.39 is 0 Å². The van der Waals surface area contributed by atoms with Gasteiger partial charge in [-0.3, -0.25) is 9.69 Å². The summed E-state index contributed by atoms with van der Waals surface area (Å²) in [7, 11) is 0. The van der Waals surface area contributed by atoms with Crippen LogP contribution in [0, 0.1) is 0 Å². The van der Waals surface area contributed by atoms with E-state index in [2.05, 4.69) is 31.5 Å². The molecular formula is C9H8BrN5OS. The number of halogens is 1. The van der Waals surface area contributed by atoms with E-state index in [-0.39, 0.29) is 5.91 Å². The molecule has 2 aromatic heterocycles. The SMILES string of the molecule is O=C(c1csc(Br)c1)N1CCCn2nnnc21. The average Bonchev–Trinajstić information content (AvgIpc) is 2.95. The Morgan fingerprint density at radius 2 is 2.35 bits per heavy atom. The van der Waals surface area contributed by atoms with Gasteiger partial charge in [-0.2, -0.15) is 0 Å². The van der Waals surface area contributed by atoms with Crippen molar-refractivity contribution >= 4 is 39.1 Å². The predicted octanol–water partition coefficient (Wildman–Crippen LogP) is 1.55. The van der Waals surface area contributed by atoms with Gasteiger partial charge in [0.1, 0.15) is 0 Å². The van der Waals surface area contributed by atoms with Gasteiger partial charge in [-0.15, -0.1) is 11.3 Å². The number of amides is 1. The topological polar surface area (TPSA) is 63.9 Å². The molecule has 6 nitrogen and oxygen atoms in total. The normalized spacial score (nSPS) is 14.8. The van der Waals surface area contributed by atoms with E-state index in [1.165, 1.54) is 11.3 Å². The molecule has 0 fully saturated rings. The van der Waals surface area contributed by atoms with Crippen LogP contribution < -0.4 is 4.90 Å². The molecule has 17 heavy (non-hydrogen) atoms. The number of nitrogens with zero attached hydrogens (tertiary/aromatic N) is 5. The van der Waals surface area contributed by atoms with Crippen LogP contribution in [-0.4, -0.2) is 32.7 Å². The zero-order chi connectivity index (χ0) is 11.8. The van der Waals surface area contributed by atoms with Gasteiger partial charge in [-0.25, -0.2) is 4.68 Å². The molecule has 1 amide bonds. The molecule has 0 radical (unpaired) electrons. The van der Waals surface area contributed by atoms with Gasteiger partial charge in [0.05, 0.1) is 9.35 Å². The Balaban J connectivity index is 1.94. The van der Waals surface area contributed by atoms with Crippen LogP contribution in [0.1, 0.15) is 16.8 Å². The summed E-state index contributed by atoms with van der Waals surface area (Å²) in [5.41, 5.74) is 0.665. The lowest BCUT2D eigenvalue weighted by Crippen LogP contribution is -2.37. The van der Waals surface area contributed by atoms with Crippen LogP contribution in [0.3, 0.4) is 0 Å². The number of rotatable bonds is 1. The van der Waals surface area contributed by atoms with Gasteiger partial charge >= 0.3 is 0 Å². The fraction of sp³-hybridized carbons (Fsp3) is 0.333. The number of carbonyl (C=O) groups is 1. The van der Waals surface area contributed by atoms with Gasteiger partial charge in [-0.05, 0) is 38.8 Å². The van der Waals surface area contributed by atoms with Crippen molar-refractivity contribution in [3.63, 3.8) is 0 Å². The van der Waals surface area contributed by atoms with Crippen LogP contribution >= 0.6 is 27.3 Å². The molecule has 0 aromatic carbocycles. The van der Waals surface area contributed by atoms with E-state index in [0.29, 0.717) is 18.1 Å².